The van der Waals surface area contributed by atoms with Crippen molar-refractivity contribution in [3.8, 4) is 0 Å². The number of amides is 1. The van der Waals surface area contributed by atoms with E-state index >= 15 is 0 Å². The molecule has 0 aromatic rings. The third-order valence-corrected chi connectivity index (χ3v) is 1.45. The van der Waals surface area contributed by atoms with Crippen molar-refractivity contribution in [2.24, 2.45) is 5.73 Å². The quantitative estimate of drug-likeness (QED) is 0.235. The minimum absolute atomic E-state index is 0.153. The Kier molecular flexibility index (Phi) is 6.34. The maximum atomic E-state index is 10.9. The Labute approximate surface area is 81.6 Å². The molecule has 6 nitrogen and oxygen atoms in total. The number of hydrogen-bond donors (Lipinski definition) is 3. The minimum atomic E-state index is -1.23. The molecule has 0 saturated carbocycles. The summed E-state index contributed by atoms with van der Waals surface area (Å²) in [6, 6.07) is 0. The van der Waals surface area contributed by atoms with Crippen molar-refractivity contribution in [1.82, 2.24) is 5.06 Å². The smallest absolute Gasteiger partial charge is 0.328 e. The third kappa shape index (κ3) is 6.15. The number of unbranched alkanes of at least 4 members (excludes halogenated alkanes) is 1. The highest BCUT2D eigenvalue weighted by Gasteiger charge is 2.06. The zero-order valence-corrected chi connectivity index (χ0v) is 7.72. The molecule has 1 amide bonds. The molecule has 0 aromatic heterocycles. The number of carbonyl (C=O) groups excluding carboxylic acids is 1. The number of carboxylic acid groups (broad SMARTS) is 1. The van der Waals surface area contributed by atoms with Crippen molar-refractivity contribution in [3.05, 3.63) is 12.2 Å². The van der Waals surface area contributed by atoms with Crippen LogP contribution in [-0.2, 0) is 9.59 Å². The van der Waals surface area contributed by atoms with Crippen molar-refractivity contribution in [3.63, 3.8) is 0 Å². The number of hydroxylamine groups is 2. The molecule has 0 saturated heterocycles. The second-order valence-electron chi connectivity index (χ2n) is 2.63. The first-order valence-corrected chi connectivity index (χ1v) is 4.19. The van der Waals surface area contributed by atoms with Crippen molar-refractivity contribution in [2.75, 3.05) is 13.1 Å². The summed E-state index contributed by atoms with van der Waals surface area (Å²) in [6.07, 6.45) is 2.76. The monoisotopic (exact) mass is 202 g/mol. The first-order valence-electron chi connectivity index (χ1n) is 4.19. The topological polar surface area (TPSA) is 104 Å². The molecule has 0 unspecified atom stereocenters. The van der Waals surface area contributed by atoms with Crippen LogP contribution in [-0.4, -0.2) is 40.3 Å². The SMILES string of the molecule is NCCCCN(O)C(=O)C=CC(=O)O. The molecule has 80 valence electrons. The van der Waals surface area contributed by atoms with Crippen LogP contribution >= 0.6 is 0 Å². The average Bonchev–Trinajstić information content (AvgIpc) is 2.14. The minimum Gasteiger partial charge on any atom is -0.478 e. The predicted molar refractivity (Wildman–Crippen MR) is 48.6 cm³/mol. The van der Waals surface area contributed by atoms with E-state index in [0.717, 1.165) is 6.08 Å². The Morgan fingerprint density at radius 3 is 2.43 bits per heavy atom. The Hall–Kier alpha value is -1.40. The number of hydrogen-bond acceptors (Lipinski definition) is 4. The standard InChI is InChI=1S/C8H14N2O4/c9-5-1-2-6-10(14)7(11)3-4-8(12)13/h3-4,14H,1-2,5-6,9H2,(H,12,13). The molecule has 0 heterocycles. The fourth-order valence-electron chi connectivity index (χ4n) is 0.745. The Balaban J connectivity index is 3.81. The summed E-state index contributed by atoms with van der Waals surface area (Å²) in [5, 5.41) is 17.7. The summed E-state index contributed by atoms with van der Waals surface area (Å²) in [4.78, 5) is 21.0. The first kappa shape index (κ1) is 12.6. The molecule has 4 N–H and O–H groups in total. The van der Waals surface area contributed by atoms with Gasteiger partial charge in [0, 0.05) is 18.7 Å². The molecular weight excluding hydrogens is 188 g/mol. The van der Waals surface area contributed by atoms with Crippen LogP contribution in [0.4, 0.5) is 0 Å². The zero-order valence-electron chi connectivity index (χ0n) is 7.72. The molecule has 0 atom stereocenters. The highest BCUT2D eigenvalue weighted by atomic mass is 16.5. The molecule has 0 aliphatic carbocycles. The number of aliphatic carboxylic acids is 1. The van der Waals surface area contributed by atoms with Gasteiger partial charge in [-0.2, -0.15) is 0 Å². The molecule has 0 rings (SSSR count). The van der Waals surface area contributed by atoms with Gasteiger partial charge >= 0.3 is 5.97 Å². The van der Waals surface area contributed by atoms with Crippen molar-refractivity contribution < 1.29 is 19.9 Å². The Morgan fingerprint density at radius 2 is 1.93 bits per heavy atom. The van der Waals surface area contributed by atoms with Crippen LogP contribution in [0.1, 0.15) is 12.8 Å². The van der Waals surface area contributed by atoms with E-state index in [-0.39, 0.29) is 6.54 Å². The van der Waals surface area contributed by atoms with E-state index in [1.165, 1.54) is 0 Å². The molecular formula is C8H14N2O4. The first-order chi connectivity index (χ1) is 6.57. The lowest BCUT2D eigenvalue weighted by Gasteiger charge is -2.11. The average molecular weight is 202 g/mol. The largest absolute Gasteiger partial charge is 0.478 e. The van der Waals surface area contributed by atoms with Crippen LogP contribution in [0, 0.1) is 0 Å². The summed E-state index contributed by atoms with van der Waals surface area (Å²) in [5.41, 5.74) is 5.21. The molecule has 0 fully saturated rings. The van der Waals surface area contributed by atoms with Gasteiger partial charge in [0.1, 0.15) is 0 Å². The van der Waals surface area contributed by atoms with Gasteiger partial charge in [-0.25, -0.2) is 9.86 Å². The third-order valence-electron chi connectivity index (χ3n) is 1.45. The fourth-order valence-corrected chi connectivity index (χ4v) is 0.745. The molecule has 0 aliphatic rings. The number of carboxylic acids is 1. The van der Waals surface area contributed by atoms with Crippen LogP contribution in [0.5, 0.6) is 0 Å². The lowest BCUT2D eigenvalue weighted by molar-refractivity contribution is -0.159. The Bertz CT molecular complexity index is 227. The van der Waals surface area contributed by atoms with Gasteiger partial charge in [0.25, 0.3) is 5.91 Å². The number of rotatable bonds is 6. The van der Waals surface area contributed by atoms with Crippen LogP contribution < -0.4 is 5.73 Å². The summed E-state index contributed by atoms with van der Waals surface area (Å²) in [6.45, 7) is 0.646. The van der Waals surface area contributed by atoms with Gasteiger partial charge in [0.15, 0.2) is 0 Å². The normalized spacial score (nSPS) is 10.4. The van der Waals surface area contributed by atoms with Gasteiger partial charge in [-0.1, -0.05) is 0 Å². The van der Waals surface area contributed by atoms with Gasteiger partial charge in [-0.15, -0.1) is 0 Å². The van der Waals surface area contributed by atoms with Gasteiger partial charge in [-0.05, 0) is 19.4 Å². The van der Waals surface area contributed by atoms with E-state index in [2.05, 4.69) is 0 Å². The number of carbonyl (C=O) groups is 2. The highest BCUT2D eigenvalue weighted by molar-refractivity contribution is 5.93. The van der Waals surface area contributed by atoms with E-state index < -0.39 is 11.9 Å². The van der Waals surface area contributed by atoms with E-state index in [0.29, 0.717) is 30.5 Å². The second-order valence-corrected chi connectivity index (χ2v) is 2.63. The van der Waals surface area contributed by atoms with Crippen molar-refractivity contribution in [2.45, 2.75) is 12.8 Å². The number of nitrogens with zero attached hydrogens (tertiary/aromatic N) is 1. The van der Waals surface area contributed by atoms with Crippen LogP contribution in [0.3, 0.4) is 0 Å². The summed E-state index contributed by atoms with van der Waals surface area (Å²) >= 11 is 0. The summed E-state index contributed by atoms with van der Waals surface area (Å²) in [5.74, 6) is -1.97. The van der Waals surface area contributed by atoms with Crippen molar-refractivity contribution in [1.29, 1.82) is 0 Å². The van der Waals surface area contributed by atoms with Crippen LogP contribution in [0.2, 0.25) is 0 Å². The van der Waals surface area contributed by atoms with Gasteiger partial charge in [0.2, 0.25) is 0 Å². The lowest BCUT2D eigenvalue weighted by atomic mass is 10.3. The molecule has 0 radical (unpaired) electrons. The predicted octanol–water partition coefficient (Wildman–Crippen LogP) is -0.416. The van der Waals surface area contributed by atoms with E-state index in [9.17, 15) is 9.59 Å². The van der Waals surface area contributed by atoms with E-state index in [4.69, 9.17) is 16.0 Å². The zero-order chi connectivity index (χ0) is 11.0. The van der Waals surface area contributed by atoms with Gasteiger partial charge in [0.05, 0.1) is 0 Å². The molecule has 0 aromatic carbocycles. The van der Waals surface area contributed by atoms with E-state index in [1.54, 1.807) is 0 Å². The van der Waals surface area contributed by atoms with Gasteiger partial charge < -0.3 is 10.8 Å². The van der Waals surface area contributed by atoms with E-state index in [1.807, 2.05) is 0 Å². The maximum absolute atomic E-state index is 10.9. The van der Waals surface area contributed by atoms with Gasteiger partial charge in [-0.3, -0.25) is 10.0 Å². The molecule has 0 spiro atoms. The lowest BCUT2D eigenvalue weighted by Crippen LogP contribution is -2.27. The molecule has 14 heavy (non-hydrogen) atoms. The number of nitrogens with two attached hydrogens (primary N) is 1. The summed E-state index contributed by atoms with van der Waals surface area (Å²) < 4.78 is 0. The van der Waals surface area contributed by atoms with Crippen molar-refractivity contribution >= 4 is 11.9 Å². The van der Waals surface area contributed by atoms with Crippen LogP contribution in [0.25, 0.3) is 0 Å². The summed E-state index contributed by atoms with van der Waals surface area (Å²) in [7, 11) is 0. The fraction of sp³-hybridized carbons (Fsp3) is 0.500. The maximum Gasteiger partial charge on any atom is 0.328 e. The Morgan fingerprint density at radius 1 is 1.29 bits per heavy atom. The highest BCUT2D eigenvalue weighted by Crippen LogP contribution is 1.92. The molecule has 0 bridgehead atoms. The molecule has 6 heteroatoms. The second kappa shape index (κ2) is 7.05. The van der Waals surface area contributed by atoms with Crippen LogP contribution in [0.15, 0.2) is 12.2 Å². The molecule has 0 aliphatic heterocycles.